The second kappa shape index (κ2) is 6.20. The highest BCUT2D eigenvalue weighted by Crippen LogP contribution is 2.38. The van der Waals surface area contributed by atoms with Crippen LogP contribution in [0.15, 0.2) is 12.1 Å². The van der Waals surface area contributed by atoms with Crippen LogP contribution < -0.4 is 14.8 Å². The number of halogens is 1. The highest BCUT2D eigenvalue weighted by atomic mass is 35.5. The van der Waals surface area contributed by atoms with Gasteiger partial charge in [0, 0.05) is 19.7 Å². The van der Waals surface area contributed by atoms with Gasteiger partial charge in [-0.15, -0.1) is 0 Å². The molecule has 1 heterocycles. The number of hydrogen-bond donors (Lipinski definition) is 1. The van der Waals surface area contributed by atoms with Gasteiger partial charge in [0.15, 0.2) is 11.5 Å². The van der Waals surface area contributed by atoms with Gasteiger partial charge in [0.25, 0.3) is 0 Å². The normalized spacial score (nSPS) is 24.9. The Labute approximate surface area is 124 Å². The molecule has 1 saturated carbocycles. The summed E-state index contributed by atoms with van der Waals surface area (Å²) in [6.45, 7) is 1.90. The van der Waals surface area contributed by atoms with E-state index in [9.17, 15) is 0 Å². The predicted molar refractivity (Wildman–Crippen MR) is 77.7 cm³/mol. The van der Waals surface area contributed by atoms with E-state index in [2.05, 4.69) is 5.32 Å². The van der Waals surface area contributed by atoms with E-state index in [1.807, 2.05) is 12.1 Å². The second-order valence-corrected chi connectivity index (χ2v) is 5.70. The van der Waals surface area contributed by atoms with Crippen molar-refractivity contribution in [2.75, 3.05) is 20.3 Å². The quantitative estimate of drug-likeness (QED) is 0.928. The van der Waals surface area contributed by atoms with Crippen LogP contribution in [-0.4, -0.2) is 32.5 Å². The summed E-state index contributed by atoms with van der Waals surface area (Å²) in [5.74, 6) is 1.41. The van der Waals surface area contributed by atoms with Gasteiger partial charge in [0.05, 0.1) is 11.1 Å². The monoisotopic (exact) mass is 297 g/mol. The van der Waals surface area contributed by atoms with E-state index in [-0.39, 0.29) is 0 Å². The molecule has 2 aliphatic rings. The van der Waals surface area contributed by atoms with Gasteiger partial charge < -0.3 is 19.5 Å². The molecule has 1 aromatic carbocycles. The Balaban J connectivity index is 1.67. The molecule has 1 aliphatic carbocycles. The molecule has 20 heavy (non-hydrogen) atoms. The molecule has 0 amide bonds. The number of nitrogens with one attached hydrogen (secondary N) is 1. The molecular weight excluding hydrogens is 278 g/mol. The van der Waals surface area contributed by atoms with Gasteiger partial charge in [-0.1, -0.05) is 11.6 Å². The number of benzene rings is 1. The Morgan fingerprint density at radius 1 is 1.30 bits per heavy atom. The van der Waals surface area contributed by atoms with Gasteiger partial charge in [0.1, 0.15) is 13.2 Å². The van der Waals surface area contributed by atoms with Crippen LogP contribution in [0.2, 0.25) is 5.02 Å². The van der Waals surface area contributed by atoms with E-state index in [0.717, 1.165) is 30.7 Å². The Hall–Kier alpha value is -0.970. The van der Waals surface area contributed by atoms with Gasteiger partial charge in [-0.2, -0.15) is 0 Å². The molecule has 0 aromatic heterocycles. The first-order chi connectivity index (χ1) is 9.78. The molecule has 5 heteroatoms. The molecule has 1 N–H and O–H groups in total. The summed E-state index contributed by atoms with van der Waals surface area (Å²) in [5.41, 5.74) is 1.11. The summed E-state index contributed by atoms with van der Waals surface area (Å²) in [7, 11) is 1.78. The van der Waals surface area contributed by atoms with E-state index >= 15 is 0 Å². The summed E-state index contributed by atoms with van der Waals surface area (Å²) in [6.07, 6.45) is 3.84. The molecule has 0 saturated heterocycles. The lowest BCUT2D eigenvalue weighted by Crippen LogP contribution is -2.36. The maximum Gasteiger partial charge on any atom is 0.179 e. The summed E-state index contributed by atoms with van der Waals surface area (Å²) < 4.78 is 16.6. The zero-order valence-corrected chi connectivity index (χ0v) is 12.4. The predicted octanol–water partition coefficient (Wildman–Crippen LogP) is 2.77. The third-order valence-corrected chi connectivity index (χ3v) is 4.26. The minimum atomic E-state index is 0.322. The molecule has 3 rings (SSSR count). The van der Waals surface area contributed by atoms with Crippen LogP contribution in [0.3, 0.4) is 0 Å². The highest BCUT2D eigenvalue weighted by molar-refractivity contribution is 6.32. The molecule has 1 aromatic rings. The number of methoxy groups -OCH3 is 1. The van der Waals surface area contributed by atoms with Crippen LogP contribution in [0, 0.1) is 0 Å². The molecule has 0 radical (unpaired) electrons. The molecule has 110 valence electrons. The Morgan fingerprint density at radius 2 is 2.15 bits per heavy atom. The van der Waals surface area contributed by atoms with Crippen molar-refractivity contribution in [3.8, 4) is 11.5 Å². The first-order valence-corrected chi connectivity index (χ1v) is 7.50. The number of hydrogen-bond acceptors (Lipinski definition) is 4. The van der Waals surface area contributed by atoms with E-state index in [1.165, 1.54) is 6.42 Å². The summed E-state index contributed by atoms with van der Waals surface area (Å²) in [5, 5.41) is 4.17. The van der Waals surface area contributed by atoms with Crippen LogP contribution >= 0.6 is 11.6 Å². The molecular formula is C15H20ClNO3. The smallest absolute Gasteiger partial charge is 0.179 e. The van der Waals surface area contributed by atoms with Gasteiger partial charge in [-0.25, -0.2) is 0 Å². The van der Waals surface area contributed by atoms with Crippen molar-refractivity contribution in [1.82, 2.24) is 5.32 Å². The van der Waals surface area contributed by atoms with Crippen molar-refractivity contribution >= 4 is 11.6 Å². The summed E-state index contributed by atoms with van der Waals surface area (Å²) >= 11 is 6.24. The second-order valence-electron chi connectivity index (χ2n) is 5.29. The number of fused-ring (bicyclic) bond motifs is 1. The van der Waals surface area contributed by atoms with Gasteiger partial charge in [0.2, 0.25) is 0 Å². The van der Waals surface area contributed by atoms with Crippen molar-refractivity contribution in [2.24, 2.45) is 0 Å². The molecule has 1 fully saturated rings. The first-order valence-electron chi connectivity index (χ1n) is 7.12. The van der Waals surface area contributed by atoms with Gasteiger partial charge in [-0.3, -0.25) is 0 Å². The largest absolute Gasteiger partial charge is 0.486 e. The van der Waals surface area contributed by atoms with Crippen molar-refractivity contribution in [2.45, 2.75) is 38.0 Å². The lowest BCUT2D eigenvalue weighted by atomic mass is 10.1. The average molecular weight is 298 g/mol. The van der Waals surface area contributed by atoms with Crippen molar-refractivity contribution in [1.29, 1.82) is 0 Å². The third-order valence-electron chi connectivity index (χ3n) is 3.98. The van der Waals surface area contributed by atoms with E-state index in [0.29, 0.717) is 36.1 Å². The molecule has 1 aliphatic heterocycles. The van der Waals surface area contributed by atoms with Crippen molar-refractivity contribution in [3.05, 3.63) is 22.7 Å². The zero-order chi connectivity index (χ0) is 13.9. The maximum absolute atomic E-state index is 6.24. The number of rotatable bonds is 4. The van der Waals surface area contributed by atoms with Crippen LogP contribution in [-0.2, 0) is 11.3 Å². The fourth-order valence-corrected chi connectivity index (χ4v) is 3.24. The Kier molecular flexibility index (Phi) is 4.34. The van der Waals surface area contributed by atoms with E-state index in [1.54, 1.807) is 7.11 Å². The maximum atomic E-state index is 6.24. The third kappa shape index (κ3) is 2.87. The van der Waals surface area contributed by atoms with Crippen molar-refractivity contribution in [3.63, 3.8) is 0 Å². The Morgan fingerprint density at radius 3 is 3.00 bits per heavy atom. The molecule has 2 unspecified atom stereocenters. The molecule has 0 bridgehead atoms. The fraction of sp³-hybridized carbons (Fsp3) is 0.600. The van der Waals surface area contributed by atoms with E-state index < -0.39 is 0 Å². The number of ether oxygens (including phenoxy) is 3. The van der Waals surface area contributed by atoms with Gasteiger partial charge >= 0.3 is 0 Å². The summed E-state index contributed by atoms with van der Waals surface area (Å²) in [4.78, 5) is 0. The van der Waals surface area contributed by atoms with Crippen LogP contribution in [0.1, 0.15) is 24.8 Å². The van der Waals surface area contributed by atoms with Crippen LogP contribution in [0.25, 0.3) is 0 Å². The summed E-state index contributed by atoms with van der Waals surface area (Å²) in [6, 6.07) is 4.37. The van der Waals surface area contributed by atoms with Gasteiger partial charge in [-0.05, 0) is 37.0 Å². The minimum absolute atomic E-state index is 0.322. The standard InChI is InChI=1S/C15H20ClNO3/c1-18-13-4-2-3-12(13)17-9-10-7-11(16)15-14(8-10)19-5-6-20-15/h7-8,12-13,17H,2-6,9H2,1H3. The van der Waals surface area contributed by atoms with Crippen molar-refractivity contribution < 1.29 is 14.2 Å². The lowest BCUT2D eigenvalue weighted by Gasteiger charge is -2.22. The molecule has 4 nitrogen and oxygen atoms in total. The zero-order valence-electron chi connectivity index (χ0n) is 11.7. The molecule has 2 atom stereocenters. The molecule has 0 spiro atoms. The van der Waals surface area contributed by atoms with Crippen LogP contribution in [0.4, 0.5) is 0 Å². The van der Waals surface area contributed by atoms with E-state index in [4.69, 9.17) is 25.8 Å². The fourth-order valence-electron chi connectivity index (χ4n) is 2.96. The van der Waals surface area contributed by atoms with Crippen LogP contribution in [0.5, 0.6) is 11.5 Å². The lowest BCUT2D eigenvalue weighted by molar-refractivity contribution is 0.0847. The minimum Gasteiger partial charge on any atom is -0.486 e. The SMILES string of the molecule is COC1CCCC1NCc1cc(Cl)c2c(c1)OCCO2. The topological polar surface area (TPSA) is 39.7 Å². The highest BCUT2D eigenvalue weighted by Gasteiger charge is 2.26. The average Bonchev–Trinajstić information content (AvgIpc) is 2.93. The first kappa shape index (κ1) is 14.0. The Bertz CT molecular complexity index is 480.